The van der Waals surface area contributed by atoms with Gasteiger partial charge in [-0.05, 0) is 23.8 Å². The molecular formula is C21H17ClN2O2. The Morgan fingerprint density at radius 3 is 2.00 bits per heavy atom. The Kier molecular flexibility index (Phi) is 5.05. The summed E-state index contributed by atoms with van der Waals surface area (Å²) in [4.78, 5) is 15.9. The lowest BCUT2D eigenvalue weighted by atomic mass is 10.1. The number of fused-ring (bicyclic) bond motifs is 2. The van der Waals surface area contributed by atoms with Crippen LogP contribution in [0.4, 0.5) is 11.4 Å². The maximum Gasteiger partial charge on any atom is 0.307 e. The molecule has 26 heavy (non-hydrogen) atoms. The Labute approximate surface area is 156 Å². The van der Waals surface area contributed by atoms with E-state index in [0.717, 1.165) is 38.7 Å². The predicted molar refractivity (Wildman–Crippen MR) is 108 cm³/mol. The van der Waals surface area contributed by atoms with Crippen molar-refractivity contribution in [3.63, 3.8) is 0 Å². The van der Waals surface area contributed by atoms with Gasteiger partial charge < -0.3 is 10.4 Å². The van der Waals surface area contributed by atoms with Gasteiger partial charge >= 0.3 is 5.97 Å². The molecule has 4 rings (SSSR count). The number of carbonyl (C=O) groups is 1. The molecule has 5 heteroatoms. The summed E-state index contributed by atoms with van der Waals surface area (Å²) >= 11 is 0. The van der Waals surface area contributed by atoms with Crippen molar-refractivity contribution in [1.29, 1.82) is 0 Å². The Morgan fingerprint density at radius 2 is 1.38 bits per heavy atom. The predicted octanol–water partition coefficient (Wildman–Crippen LogP) is 5.18. The highest BCUT2D eigenvalue weighted by Gasteiger charge is 2.12. The molecule has 0 fully saturated rings. The van der Waals surface area contributed by atoms with Gasteiger partial charge in [0.05, 0.1) is 23.1 Å². The minimum absolute atomic E-state index is 0. The summed E-state index contributed by atoms with van der Waals surface area (Å²) in [6.45, 7) is 0. The molecule has 0 radical (unpaired) electrons. The van der Waals surface area contributed by atoms with Crippen LogP contribution in [0.15, 0.2) is 72.8 Å². The molecule has 0 amide bonds. The quantitative estimate of drug-likeness (QED) is 0.490. The van der Waals surface area contributed by atoms with E-state index in [-0.39, 0.29) is 18.8 Å². The van der Waals surface area contributed by atoms with Crippen LogP contribution in [0.5, 0.6) is 0 Å². The highest BCUT2D eigenvalue weighted by molar-refractivity contribution is 6.08. The third-order valence-electron chi connectivity index (χ3n) is 4.21. The fourth-order valence-electron chi connectivity index (χ4n) is 3.07. The number of carboxylic acid groups (broad SMARTS) is 1. The van der Waals surface area contributed by atoms with Crippen molar-refractivity contribution in [2.24, 2.45) is 0 Å². The molecule has 0 aliphatic carbocycles. The lowest BCUT2D eigenvalue weighted by Crippen LogP contribution is -2.04. The second-order valence-electron chi connectivity index (χ2n) is 5.87. The van der Waals surface area contributed by atoms with E-state index in [1.807, 2.05) is 72.8 Å². The number of rotatable bonds is 4. The summed E-state index contributed by atoms with van der Waals surface area (Å²) in [6, 6.07) is 23.4. The van der Waals surface area contributed by atoms with Crippen LogP contribution in [-0.4, -0.2) is 16.1 Å². The molecule has 4 nitrogen and oxygen atoms in total. The Bertz CT molecular complexity index is 1040. The fourth-order valence-corrected chi connectivity index (χ4v) is 3.07. The van der Waals surface area contributed by atoms with Crippen LogP contribution >= 0.6 is 12.4 Å². The third-order valence-corrected chi connectivity index (χ3v) is 4.21. The number of aromatic nitrogens is 1. The minimum atomic E-state index is -0.848. The van der Waals surface area contributed by atoms with Crippen molar-refractivity contribution in [1.82, 2.24) is 4.98 Å². The van der Waals surface area contributed by atoms with Gasteiger partial charge in [-0.3, -0.25) is 4.79 Å². The second kappa shape index (κ2) is 7.42. The van der Waals surface area contributed by atoms with E-state index in [1.165, 1.54) is 0 Å². The first-order valence-electron chi connectivity index (χ1n) is 8.06. The Morgan fingerprint density at radius 1 is 0.846 bits per heavy atom. The van der Waals surface area contributed by atoms with Gasteiger partial charge in [-0.25, -0.2) is 4.98 Å². The summed E-state index contributed by atoms with van der Waals surface area (Å²) in [5.41, 5.74) is 4.30. The van der Waals surface area contributed by atoms with Crippen LogP contribution in [0.1, 0.15) is 5.56 Å². The second-order valence-corrected chi connectivity index (χ2v) is 5.87. The third kappa shape index (κ3) is 3.32. The first-order chi connectivity index (χ1) is 12.2. The van der Waals surface area contributed by atoms with Crippen LogP contribution in [0.25, 0.3) is 21.8 Å². The van der Waals surface area contributed by atoms with Gasteiger partial charge in [0.15, 0.2) is 0 Å². The number of nitrogens with zero attached hydrogens (tertiary/aromatic N) is 1. The van der Waals surface area contributed by atoms with Crippen molar-refractivity contribution < 1.29 is 9.90 Å². The standard InChI is InChI=1S/C21H16N2O2.ClH/c24-20(25)13-14-7-1-4-10-17(14)23-21-15-8-2-5-11-18(15)22-19-12-6-3-9-16(19)21;/h1-12H,13H2,(H,22,23)(H,24,25);1H. The van der Waals surface area contributed by atoms with E-state index in [9.17, 15) is 4.79 Å². The minimum Gasteiger partial charge on any atom is -0.481 e. The van der Waals surface area contributed by atoms with Crippen LogP contribution in [0, 0.1) is 0 Å². The molecule has 0 spiro atoms. The molecule has 0 saturated heterocycles. The first-order valence-corrected chi connectivity index (χ1v) is 8.06. The average Bonchev–Trinajstić information content (AvgIpc) is 2.62. The smallest absolute Gasteiger partial charge is 0.307 e. The Hall–Kier alpha value is -3.11. The van der Waals surface area contributed by atoms with Gasteiger partial charge in [0, 0.05) is 16.5 Å². The number of aliphatic carboxylic acids is 1. The molecule has 0 bridgehead atoms. The van der Waals surface area contributed by atoms with Crippen LogP contribution < -0.4 is 5.32 Å². The number of pyridine rings is 1. The van der Waals surface area contributed by atoms with Gasteiger partial charge in [0.1, 0.15) is 0 Å². The molecule has 2 N–H and O–H groups in total. The summed E-state index contributed by atoms with van der Waals surface area (Å²) < 4.78 is 0. The van der Waals surface area contributed by atoms with Crippen LogP contribution in [-0.2, 0) is 11.2 Å². The lowest BCUT2D eigenvalue weighted by molar-refractivity contribution is -0.136. The van der Waals surface area contributed by atoms with Crippen molar-refractivity contribution in [3.05, 3.63) is 78.4 Å². The van der Waals surface area contributed by atoms with E-state index in [2.05, 4.69) is 5.32 Å². The monoisotopic (exact) mass is 364 g/mol. The van der Waals surface area contributed by atoms with E-state index in [1.54, 1.807) is 0 Å². The number of nitrogens with one attached hydrogen (secondary N) is 1. The number of carboxylic acids is 1. The molecule has 0 aliphatic rings. The number of halogens is 1. The van der Waals surface area contributed by atoms with Crippen LogP contribution in [0.3, 0.4) is 0 Å². The topological polar surface area (TPSA) is 62.2 Å². The summed E-state index contributed by atoms with van der Waals surface area (Å²) in [5, 5.41) is 14.6. The lowest BCUT2D eigenvalue weighted by Gasteiger charge is -2.15. The maximum atomic E-state index is 11.2. The zero-order chi connectivity index (χ0) is 17.2. The number of para-hydroxylation sites is 3. The highest BCUT2D eigenvalue weighted by Crippen LogP contribution is 2.33. The zero-order valence-corrected chi connectivity index (χ0v) is 14.7. The fraction of sp³-hybridized carbons (Fsp3) is 0.0476. The number of anilines is 2. The van der Waals surface area contributed by atoms with Crippen LogP contribution in [0.2, 0.25) is 0 Å². The maximum absolute atomic E-state index is 11.2. The first kappa shape index (κ1) is 17.7. The van der Waals surface area contributed by atoms with Gasteiger partial charge in [0.2, 0.25) is 0 Å². The van der Waals surface area contributed by atoms with Crippen molar-refractivity contribution in [2.45, 2.75) is 6.42 Å². The molecule has 0 saturated carbocycles. The molecule has 0 aliphatic heterocycles. The SMILES string of the molecule is Cl.O=C(O)Cc1ccccc1Nc1c2ccccc2nc2ccccc12. The van der Waals surface area contributed by atoms with Gasteiger partial charge in [0.25, 0.3) is 0 Å². The van der Waals surface area contributed by atoms with E-state index < -0.39 is 5.97 Å². The number of hydrogen-bond acceptors (Lipinski definition) is 3. The largest absolute Gasteiger partial charge is 0.481 e. The number of hydrogen-bond donors (Lipinski definition) is 2. The molecule has 4 aromatic rings. The molecule has 1 aromatic heterocycles. The molecular weight excluding hydrogens is 348 g/mol. The highest BCUT2D eigenvalue weighted by atomic mass is 35.5. The van der Waals surface area contributed by atoms with Crippen molar-refractivity contribution >= 4 is 51.6 Å². The van der Waals surface area contributed by atoms with Crippen molar-refractivity contribution in [2.75, 3.05) is 5.32 Å². The van der Waals surface area contributed by atoms with E-state index in [0.29, 0.717) is 0 Å². The van der Waals surface area contributed by atoms with E-state index >= 15 is 0 Å². The van der Waals surface area contributed by atoms with E-state index in [4.69, 9.17) is 10.1 Å². The molecule has 0 atom stereocenters. The molecule has 130 valence electrons. The Balaban J connectivity index is 0.00000196. The number of benzene rings is 3. The zero-order valence-electron chi connectivity index (χ0n) is 13.8. The normalized spacial score (nSPS) is 10.5. The molecule has 0 unspecified atom stereocenters. The summed E-state index contributed by atoms with van der Waals surface area (Å²) in [7, 11) is 0. The molecule has 3 aromatic carbocycles. The average molecular weight is 365 g/mol. The van der Waals surface area contributed by atoms with Gasteiger partial charge in [-0.15, -0.1) is 12.4 Å². The molecule has 1 heterocycles. The van der Waals surface area contributed by atoms with Crippen molar-refractivity contribution in [3.8, 4) is 0 Å². The van der Waals surface area contributed by atoms with Gasteiger partial charge in [-0.1, -0.05) is 54.6 Å². The summed E-state index contributed by atoms with van der Waals surface area (Å²) in [5.74, 6) is -0.848. The van der Waals surface area contributed by atoms with Gasteiger partial charge in [-0.2, -0.15) is 0 Å². The summed E-state index contributed by atoms with van der Waals surface area (Å²) in [6.07, 6.45) is -0.0237.